The second kappa shape index (κ2) is 10.2. The predicted molar refractivity (Wildman–Crippen MR) is 118 cm³/mol. The van der Waals surface area contributed by atoms with E-state index in [0.29, 0.717) is 13.2 Å². The minimum absolute atomic E-state index is 0.323. The summed E-state index contributed by atoms with van der Waals surface area (Å²) in [6.45, 7) is 9.86. The van der Waals surface area contributed by atoms with Crippen molar-refractivity contribution < 1.29 is 9.84 Å². The number of aliphatic hydroxyl groups excluding tert-OH is 1. The van der Waals surface area contributed by atoms with Crippen LogP contribution in [0.5, 0.6) is 5.75 Å². The summed E-state index contributed by atoms with van der Waals surface area (Å²) >= 11 is 0. The lowest BCUT2D eigenvalue weighted by molar-refractivity contribution is 0.0444. The molecule has 7 heteroatoms. The number of ether oxygens (including phenoxy) is 1. The third kappa shape index (κ3) is 5.90. The fraction of sp³-hybridized carbons (Fsp3) is 0.565. The molecule has 2 aliphatic heterocycles. The van der Waals surface area contributed by atoms with Crippen LogP contribution in [0, 0.1) is 6.92 Å². The van der Waals surface area contributed by atoms with Crippen LogP contribution in [0.15, 0.2) is 36.5 Å². The number of hydrogen-bond donors (Lipinski definition) is 1. The summed E-state index contributed by atoms with van der Waals surface area (Å²) in [6.07, 6.45) is 3.87. The molecular weight excluding hydrogens is 378 g/mol. The summed E-state index contributed by atoms with van der Waals surface area (Å²) in [6, 6.07) is 9.96. The van der Waals surface area contributed by atoms with Gasteiger partial charge >= 0.3 is 0 Å². The summed E-state index contributed by atoms with van der Waals surface area (Å²) in [7, 11) is 0. The maximum absolute atomic E-state index is 10.4. The molecule has 1 aromatic heterocycles. The fourth-order valence-electron chi connectivity index (χ4n) is 4.15. The van der Waals surface area contributed by atoms with E-state index in [0.717, 1.165) is 68.8 Å². The number of rotatable bonds is 8. The molecule has 1 N–H and O–H groups in total. The van der Waals surface area contributed by atoms with E-state index in [4.69, 9.17) is 9.72 Å². The molecular formula is C23H33N5O2. The van der Waals surface area contributed by atoms with Crippen molar-refractivity contribution in [3.05, 3.63) is 47.8 Å². The Morgan fingerprint density at radius 3 is 2.57 bits per heavy atom. The smallest absolute Gasteiger partial charge is 0.225 e. The molecule has 1 atom stereocenters. The lowest BCUT2D eigenvalue weighted by atomic mass is 10.2. The molecule has 0 amide bonds. The van der Waals surface area contributed by atoms with Crippen LogP contribution in [0.25, 0.3) is 0 Å². The van der Waals surface area contributed by atoms with E-state index in [-0.39, 0.29) is 0 Å². The van der Waals surface area contributed by atoms with Gasteiger partial charge in [0.2, 0.25) is 5.95 Å². The lowest BCUT2D eigenvalue weighted by Crippen LogP contribution is -2.48. The van der Waals surface area contributed by atoms with Crippen LogP contribution in [0.4, 0.5) is 5.95 Å². The maximum Gasteiger partial charge on any atom is 0.225 e. The van der Waals surface area contributed by atoms with Gasteiger partial charge in [-0.25, -0.2) is 9.97 Å². The zero-order valence-electron chi connectivity index (χ0n) is 17.9. The van der Waals surface area contributed by atoms with Crippen LogP contribution in [-0.2, 0) is 6.54 Å². The van der Waals surface area contributed by atoms with Crippen LogP contribution in [0.1, 0.15) is 24.1 Å². The van der Waals surface area contributed by atoms with Crippen LogP contribution in [0.3, 0.4) is 0 Å². The van der Waals surface area contributed by atoms with Crippen LogP contribution >= 0.6 is 0 Å². The molecule has 2 saturated heterocycles. The SMILES string of the molecule is Cc1cccc(OC[C@H](O)CN2CCN(Cc3ccnc(N4CCCC4)n3)CC2)c1. The number of hydrogen-bond acceptors (Lipinski definition) is 7. The standard InChI is InChI=1S/C23H33N5O2/c1-19-5-4-6-22(15-19)30-18-21(29)17-27-13-11-26(12-14-27)16-20-7-8-24-23(25-20)28-9-2-3-10-28/h4-8,15,21,29H,2-3,9-14,16-18H2,1H3/t21-/m1/s1. The fourth-order valence-corrected chi connectivity index (χ4v) is 4.15. The molecule has 162 valence electrons. The molecule has 30 heavy (non-hydrogen) atoms. The lowest BCUT2D eigenvalue weighted by Gasteiger charge is -2.35. The summed E-state index contributed by atoms with van der Waals surface area (Å²) in [5.74, 6) is 1.69. The Morgan fingerprint density at radius 2 is 1.80 bits per heavy atom. The minimum atomic E-state index is -0.484. The number of nitrogens with zero attached hydrogens (tertiary/aromatic N) is 5. The average Bonchev–Trinajstić information content (AvgIpc) is 3.29. The third-order valence-electron chi connectivity index (χ3n) is 5.84. The van der Waals surface area contributed by atoms with E-state index in [1.165, 1.54) is 12.8 Å². The first kappa shape index (κ1) is 21.0. The molecule has 0 aliphatic carbocycles. The first-order valence-electron chi connectivity index (χ1n) is 11.0. The monoisotopic (exact) mass is 411 g/mol. The summed E-state index contributed by atoms with van der Waals surface area (Å²) < 4.78 is 5.74. The third-order valence-corrected chi connectivity index (χ3v) is 5.84. The number of anilines is 1. The van der Waals surface area contributed by atoms with Gasteiger partial charge in [-0.15, -0.1) is 0 Å². The molecule has 7 nitrogen and oxygen atoms in total. The average molecular weight is 412 g/mol. The van der Waals surface area contributed by atoms with Crippen molar-refractivity contribution in [2.24, 2.45) is 0 Å². The van der Waals surface area contributed by atoms with Crippen LogP contribution < -0.4 is 9.64 Å². The van der Waals surface area contributed by atoms with Gasteiger partial charge in [0.15, 0.2) is 0 Å². The van der Waals surface area contributed by atoms with Crippen molar-refractivity contribution in [3.63, 3.8) is 0 Å². The highest BCUT2D eigenvalue weighted by molar-refractivity contribution is 5.31. The van der Waals surface area contributed by atoms with E-state index >= 15 is 0 Å². The number of aromatic nitrogens is 2. The van der Waals surface area contributed by atoms with E-state index in [2.05, 4.69) is 19.7 Å². The normalized spacial score (nSPS) is 19.2. The number of benzene rings is 1. The Kier molecular flexibility index (Phi) is 7.15. The van der Waals surface area contributed by atoms with Crippen molar-refractivity contribution in [1.29, 1.82) is 0 Å². The highest BCUT2D eigenvalue weighted by atomic mass is 16.5. The summed E-state index contributed by atoms with van der Waals surface area (Å²) in [4.78, 5) is 16.3. The second-order valence-corrected chi connectivity index (χ2v) is 8.40. The zero-order valence-corrected chi connectivity index (χ0v) is 17.9. The van der Waals surface area contributed by atoms with E-state index < -0.39 is 6.10 Å². The van der Waals surface area contributed by atoms with Gasteiger partial charge in [0.25, 0.3) is 0 Å². The predicted octanol–water partition coefficient (Wildman–Crippen LogP) is 1.94. The van der Waals surface area contributed by atoms with Gasteiger partial charge in [0, 0.05) is 58.6 Å². The van der Waals surface area contributed by atoms with Crippen molar-refractivity contribution in [2.45, 2.75) is 32.4 Å². The van der Waals surface area contributed by atoms with Gasteiger partial charge in [-0.2, -0.15) is 0 Å². The largest absolute Gasteiger partial charge is 0.491 e. The minimum Gasteiger partial charge on any atom is -0.491 e. The number of piperazine rings is 1. The molecule has 0 bridgehead atoms. The Bertz CT molecular complexity index is 804. The molecule has 2 aliphatic rings. The quantitative estimate of drug-likeness (QED) is 0.712. The molecule has 1 aromatic carbocycles. The Labute approximate surface area is 179 Å². The van der Waals surface area contributed by atoms with Crippen molar-refractivity contribution >= 4 is 5.95 Å². The topological polar surface area (TPSA) is 65.0 Å². The molecule has 0 spiro atoms. The van der Waals surface area contributed by atoms with Crippen molar-refractivity contribution in [3.8, 4) is 5.75 Å². The van der Waals surface area contributed by atoms with Crippen LogP contribution in [0.2, 0.25) is 0 Å². The molecule has 0 unspecified atom stereocenters. The van der Waals surface area contributed by atoms with E-state index in [1.807, 2.05) is 43.5 Å². The van der Waals surface area contributed by atoms with E-state index in [1.54, 1.807) is 0 Å². The van der Waals surface area contributed by atoms with Gasteiger partial charge in [-0.1, -0.05) is 12.1 Å². The van der Waals surface area contributed by atoms with Crippen LogP contribution in [-0.4, -0.2) is 83.4 Å². The molecule has 0 saturated carbocycles. The Balaban J connectivity index is 1.19. The molecule has 3 heterocycles. The van der Waals surface area contributed by atoms with Gasteiger partial charge in [-0.3, -0.25) is 9.80 Å². The van der Waals surface area contributed by atoms with Crippen molar-refractivity contribution in [1.82, 2.24) is 19.8 Å². The van der Waals surface area contributed by atoms with Gasteiger partial charge in [0.1, 0.15) is 18.5 Å². The summed E-state index contributed by atoms with van der Waals surface area (Å²) in [5, 5.41) is 10.4. The Hall–Kier alpha value is -2.22. The van der Waals surface area contributed by atoms with Gasteiger partial charge < -0.3 is 14.7 Å². The molecule has 0 radical (unpaired) electrons. The van der Waals surface area contributed by atoms with Gasteiger partial charge in [0.05, 0.1) is 5.69 Å². The molecule has 4 rings (SSSR count). The highest BCUT2D eigenvalue weighted by Gasteiger charge is 2.21. The zero-order chi connectivity index (χ0) is 20.8. The second-order valence-electron chi connectivity index (χ2n) is 8.40. The number of aryl methyl sites for hydroxylation is 1. The first-order valence-corrected chi connectivity index (χ1v) is 11.0. The van der Waals surface area contributed by atoms with E-state index in [9.17, 15) is 5.11 Å². The number of aliphatic hydroxyl groups is 1. The molecule has 2 fully saturated rings. The molecule has 2 aromatic rings. The number of β-amino-alcohol motifs (C(OH)–C–C–N with tert-alkyl or cyclic N) is 1. The highest BCUT2D eigenvalue weighted by Crippen LogP contribution is 2.16. The first-order chi connectivity index (χ1) is 14.7. The maximum atomic E-state index is 10.4. The summed E-state index contributed by atoms with van der Waals surface area (Å²) in [5.41, 5.74) is 2.25. The Morgan fingerprint density at radius 1 is 1.03 bits per heavy atom. The van der Waals surface area contributed by atoms with Crippen molar-refractivity contribution in [2.75, 3.05) is 57.3 Å². The van der Waals surface area contributed by atoms with Gasteiger partial charge in [-0.05, 0) is 43.5 Å².